The Kier molecular flexibility index (Phi) is 6.29. The summed E-state index contributed by atoms with van der Waals surface area (Å²) in [6, 6.07) is 13.5. The SMILES string of the molecule is CNC(Cc1ccc(OCc2ccccn2)cc1)C(=O)C(C)C. The number of ketones is 1. The second-order valence-corrected chi connectivity index (χ2v) is 5.86. The highest BCUT2D eigenvalue weighted by Gasteiger charge is 2.19. The van der Waals surface area contributed by atoms with Crippen LogP contribution in [0.3, 0.4) is 0 Å². The lowest BCUT2D eigenvalue weighted by Crippen LogP contribution is -2.38. The molecule has 0 radical (unpaired) electrons. The van der Waals surface area contributed by atoms with Gasteiger partial charge in [-0.05, 0) is 43.3 Å². The Labute approximate surface area is 137 Å². The van der Waals surface area contributed by atoms with Gasteiger partial charge in [0.1, 0.15) is 12.4 Å². The van der Waals surface area contributed by atoms with Crippen LogP contribution < -0.4 is 10.1 Å². The second-order valence-electron chi connectivity index (χ2n) is 5.86. The quantitative estimate of drug-likeness (QED) is 0.814. The van der Waals surface area contributed by atoms with E-state index < -0.39 is 0 Å². The molecule has 0 aliphatic heterocycles. The molecule has 1 aromatic heterocycles. The van der Waals surface area contributed by atoms with Crippen LogP contribution in [0.5, 0.6) is 5.75 Å². The molecule has 4 nitrogen and oxygen atoms in total. The van der Waals surface area contributed by atoms with Gasteiger partial charge in [0.25, 0.3) is 0 Å². The first-order valence-corrected chi connectivity index (χ1v) is 7.92. The van der Waals surface area contributed by atoms with Crippen LogP contribution >= 0.6 is 0 Å². The zero-order chi connectivity index (χ0) is 16.7. The fraction of sp³-hybridized carbons (Fsp3) is 0.368. The number of likely N-dealkylation sites (N-methyl/N-ethyl adjacent to an activating group) is 1. The van der Waals surface area contributed by atoms with E-state index in [-0.39, 0.29) is 17.7 Å². The van der Waals surface area contributed by atoms with Gasteiger partial charge in [0.2, 0.25) is 0 Å². The Balaban J connectivity index is 1.92. The van der Waals surface area contributed by atoms with Gasteiger partial charge >= 0.3 is 0 Å². The molecule has 122 valence electrons. The first kappa shape index (κ1) is 17.2. The van der Waals surface area contributed by atoms with Crippen LogP contribution in [0.25, 0.3) is 0 Å². The fourth-order valence-electron chi connectivity index (χ4n) is 2.35. The summed E-state index contributed by atoms with van der Waals surface area (Å²) in [4.78, 5) is 16.3. The van der Waals surface area contributed by atoms with Crippen LogP contribution in [-0.2, 0) is 17.8 Å². The van der Waals surface area contributed by atoms with Gasteiger partial charge in [0.05, 0.1) is 11.7 Å². The number of nitrogens with zero attached hydrogens (tertiary/aromatic N) is 1. The van der Waals surface area contributed by atoms with Crippen molar-refractivity contribution < 1.29 is 9.53 Å². The predicted molar refractivity (Wildman–Crippen MR) is 91.4 cm³/mol. The van der Waals surface area contributed by atoms with Gasteiger partial charge in [0, 0.05) is 12.1 Å². The van der Waals surface area contributed by atoms with Gasteiger partial charge in [0.15, 0.2) is 5.78 Å². The molecule has 1 atom stereocenters. The van der Waals surface area contributed by atoms with Crippen molar-refractivity contribution in [3.8, 4) is 5.75 Å². The third-order valence-corrected chi connectivity index (χ3v) is 3.74. The Morgan fingerprint density at radius 2 is 1.91 bits per heavy atom. The maximum atomic E-state index is 12.1. The molecule has 1 aromatic carbocycles. The highest BCUT2D eigenvalue weighted by Crippen LogP contribution is 2.15. The van der Waals surface area contributed by atoms with Gasteiger partial charge < -0.3 is 10.1 Å². The Morgan fingerprint density at radius 3 is 2.48 bits per heavy atom. The summed E-state index contributed by atoms with van der Waals surface area (Å²) in [6.07, 6.45) is 2.44. The monoisotopic (exact) mass is 312 g/mol. The first-order chi connectivity index (χ1) is 11.1. The predicted octanol–water partition coefficient (Wildman–Crippen LogP) is 3.02. The molecule has 1 heterocycles. The molecule has 0 saturated carbocycles. The number of benzene rings is 1. The van der Waals surface area contributed by atoms with Gasteiger partial charge in [-0.25, -0.2) is 0 Å². The summed E-state index contributed by atoms with van der Waals surface area (Å²) in [7, 11) is 1.83. The van der Waals surface area contributed by atoms with Crippen LogP contribution in [0.2, 0.25) is 0 Å². The van der Waals surface area contributed by atoms with E-state index in [2.05, 4.69) is 10.3 Å². The molecule has 1 N–H and O–H groups in total. The van der Waals surface area contributed by atoms with Gasteiger partial charge in [-0.2, -0.15) is 0 Å². The molecule has 0 spiro atoms. The third kappa shape index (κ3) is 5.18. The van der Waals surface area contributed by atoms with Crippen molar-refractivity contribution in [2.24, 2.45) is 5.92 Å². The summed E-state index contributed by atoms with van der Waals surface area (Å²) < 4.78 is 5.72. The van der Waals surface area contributed by atoms with Crippen LogP contribution in [-0.4, -0.2) is 23.9 Å². The molecule has 0 aliphatic carbocycles. The zero-order valence-electron chi connectivity index (χ0n) is 14.0. The lowest BCUT2D eigenvalue weighted by atomic mass is 9.96. The average Bonchev–Trinajstić information content (AvgIpc) is 2.59. The maximum absolute atomic E-state index is 12.1. The van der Waals surface area contributed by atoms with E-state index >= 15 is 0 Å². The molecule has 23 heavy (non-hydrogen) atoms. The number of carbonyl (C=O) groups is 1. The number of nitrogens with one attached hydrogen (secondary N) is 1. The van der Waals surface area contributed by atoms with Gasteiger partial charge in [-0.1, -0.05) is 32.0 Å². The molecule has 0 aliphatic rings. The average molecular weight is 312 g/mol. The number of ether oxygens (including phenoxy) is 1. The Morgan fingerprint density at radius 1 is 1.17 bits per heavy atom. The lowest BCUT2D eigenvalue weighted by molar-refractivity contribution is -0.123. The van der Waals surface area contributed by atoms with E-state index in [4.69, 9.17) is 4.74 Å². The number of Topliss-reactive ketones (excluding diaryl/α,β-unsaturated/α-hetero) is 1. The molecule has 1 unspecified atom stereocenters. The maximum Gasteiger partial charge on any atom is 0.152 e. The molecule has 0 saturated heterocycles. The van der Waals surface area contributed by atoms with E-state index in [0.29, 0.717) is 13.0 Å². The van der Waals surface area contributed by atoms with Crippen molar-refractivity contribution >= 4 is 5.78 Å². The second kappa shape index (κ2) is 8.44. The van der Waals surface area contributed by atoms with Crippen molar-refractivity contribution in [3.05, 3.63) is 59.9 Å². The summed E-state index contributed by atoms with van der Waals surface area (Å²) in [5, 5.41) is 3.10. The standard InChI is InChI=1S/C19H24N2O2/c1-14(2)19(22)18(20-3)12-15-7-9-17(10-8-15)23-13-16-6-4-5-11-21-16/h4-11,14,18,20H,12-13H2,1-3H3. The Hall–Kier alpha value is -2.20. The highest BCUT2D eigenvalue weighted by atomic mass is 16.5. The number of pyridine rings is 1. The highest BCUT2D eigenvalue weighted by molar-refractivity contribution is 5.85. The molecule has 4 heteroatoms. The number of carbonyl (C=O) groups excluding carboxylic acids is 1. The number of hydrogen-bond acceptors (Lipinski definition) is 4. The molecule has 0 bridgehead atoms. The van der Waals surface area contributed by atoms with E-state index in [0.717, 1.165) is 17.0 Å². The van der Waals surface area contributed by atoms with E-state index in [1.165, 1.54) is 0 Å². The minimum absolute atomic E-state index is 0.0356. The topological polar surface area (TPSA) is 51.2 Å². The molecule has 0 fully saturated rings. The van der Waals surface area contributed by atoms with Crippen molar-refractivity contribution in [1.82, 2.24) is 10.3 Å². The first-order valence-electron chi connectivity index (χ1n) is 7.92. The summed E-state index contributed by atoms with van der Waals surface area (Å²) >= 11 is 0. The number of rotatable bonds is 8. The minimum Gasteiger partial charge on any atom is -0.487 e. The normalized spacial score (nSPS) is 12.2. The van der Waals surface area contributed by atoms with Crippen LogP contribution in [0.15, 0.2) is 48.7 Å². The molecule has 2 aromatic rings. The van der Waals surface area contributed by atoms with Crippen LogP contribution in [0.4, 0.5) is 0 Å². The Bertz CT molecular complexity index is 609. The minimum atomic E-state index is -0.143. The third-order valence-electron chi connectivity index (χ3n) is 3.74. The largest absolute Gasteiger partial charge is 0.487 e. The summed E-state index contributed by atoms with van der Waals surface area (Å²) in [6.45, 7) is 4.31. The van der Waals surface area contributed by atoms with Crippen molar-refractivity contribution in [3.63, 3.8) is 0 Å². The van der Waals surface area contributed by atoms with Crippen molar-refractivity contribution in [2.75, 3.05) is 7.05 Å². The molecule has 2 rings (SSSR count). The van der Waals surface area contributed by atoms with Crippen LogP contribution in [0.1, 0.15) is 25.1 Å². The van der Waals surface area contributed by atoms with Crippen molar-refractivity contribution in [2.45, 2.75) is 32.9 Å². The van der Waals surface area contributed by atoms with Gasteiger partial charge in [-0.3, -0.25) is 9.78 Å². The van der Waals surface area contributed by atoms with E-state index in [9.17, 15) is 4.79 Å². The molecular weight excluding hydrogens is 288 g/mol. The molecular formula is C19H24N2O2. The van der Waals surface area contributed by atoms with Crippen molar-refractivity contribution in [1.29, 1.82) is 0 Å². The summed E-state index contributed by atoms with van der Waals surface area (Å²) in [5.74, 6) is 1.08. The van der Waals surface area contributed by atoms with Gasteiger partial charge in [-0.15, -0.1) is 0 Å². The fourth-order valence-corrected chi connectivity index (χ4v) is 2.35. The smallest absolute Gasteiger partial charge is 0.152 e. The zero-order valence-corrected chi connectivity index (χ0v) is 14.0. The molecule has 0 amide bonds. The van der Waals surface area contributed by atoms with E-state index in [1.54, 1.807) is 6.20 Å². The van der Waals surface area contributed by atoms with E-state index in [1.807, 2.05) is 63.4 Å². The number of aromatic nitrogens is 1. The lowest BCUT2D eigenvalue weighted by Gasteiger charge is -2.17. The number of hydrogen-bond donors (Lipinski definition) is 1. The van der Waals surface area contributed by atoms with Crippen LogP contribution in [0, 0.1) is 5.92 Å². The summed E-state index contributed by atoms with van der Waals surface area (Å²) in [5.41, 5.74) is 2.01.